The Morgan fingerprint density at radius 3 is 2.71 bits per heavy atom. The summed E-state index contributed by atoms with van der Waals surface area (Å²) in [5.74, 6) is 0.332. The molecule has 0 radical (unpaired) electrons. The van der Waals surface area contributed by atoms with Gasteiger partial charge >= 0.3 is 5.97 Å². The van der Waals surface area contributed by atoms with Crippen molar-refractivity contribution in [1.29, 1.82) is 0 Å². The van der Waals surface area contributed by atoms with Crippen LogP contribution in [0, 0.1) is 5.92 Å². The highest BCUT2D eigenvalue weighted by Gasteiger charge is 2.33. The Balaban J connectivity index is 1.25. The minimum absolute atomic E-state index is 0.00820. The van der Waals surface area contributed by atoms with E-state index in [0.29, 0.717) is 44.4 Å². The highest BCUT2D eigenvalue weighted by atomic mass is 16.5. The first-order valence-corrected chi connectivity index (χ1v) is 10.9. The van der Waals surface area contributed by atoms with Crippen LogP contribution in [0.3, 0.4) is 0 Å². The van der Waals surface area contributed by atoms with E-state index >= 15 is 0 Å². The molecule has 0 saturated carbocycles. The van der Waals surface area contributed by atoms with Crippen molar-refractivity contribution < 1.29 is 14.3 Å². The average molecular weight is 387 g/mol. The van der Waals surface area contributed by atoms with E-state index in [-0.39, 0.29) is 11.9 Å². The molecular formula is C23H34N2O3. The number of ether oxygens (including phenoxy) is 1. The van der Waals surface area contributed by atoms with Crippen molar-refractivity contribution in [1.82, 2.24) is 10.2 Å². The maximum absolute atomic E-state index is 12.1. The Kier molecular flexibility index (Phi) is 8.34. The lowest BCUT2D eigenvalue weighted by Gasteiger charge is -2.44. The predicted octanol–water partition coefficient (Wildman–Crippen LogP) is 3.32. The number of fused-ring (bicyclic) bond motifs is 1. The zero-order valence-corrected chi connectivity index (χ0v) is 16.9. The highest BCUT2D eigenvalue weighted by molar-refractivity contribution is 5.77. The van der Waals surface area contributed by atoms with Gasteiger partial charge in [0.15, 0.2) is 0 Å². The monoisotopic (exact) mass is 386 g/mol. The molecule has 5 heteroatoms. The molecule has 154 valence electrons. The summed E-state index contributed by atoms with van der Waals surface area (Å²) in [7, 11) is 0. The summed E-state index contributed by atoms with van der Waals surface area (Å²) >= 11 is 0. The summed E-state index contributed by atoms with van der Waals surface area (Å²) < 4.78 is 5.55. The number of carbonyl (C=O) groups excluding carboxylic acids is 2. The molecule has 2 fully saturated rings. The summed E-state index contributed by atoms with van der Waals surface area (Å²) in [6, 6.07) is 10.7. The van der Waals surface area contributed by atoms with Gasteiger partial charge in [-0.2, -0.15) is 0 Å². The molecule has 1 aromatic carbocycles. The van der Waals surface area contributed by atoms with Crippen LogP contribution in [-0.4, -0.2) is 49.1 Å². The van der Waals surface area contributed by atoms with Gasteiger partial charge in [0.25, 0.3) is 0 Å². The topological polar surface area (TPSA) is 58.6 Å². The Morgan fingerprint density at radius 2 is 1.86 bits per heavy atom. The van der Waals surface area contributed by atoms with Crippen molar-refractivity contribution in [2.45, 2.75) is 63.8 Å². The van der Waals surface area contributed by atoms with Crippen molar-refractivity contribution in [3.63, 3.8) is 0 Å². The second-order valence-corrected chi connectivity index (χ2v) is 8.12. The Hall–Kier alpha value is -1.88. The molecule has 28 heavy (non-hydrogen) atoms. The van der Waals surface area contributed by atoms with E-state index in [4.69, 9.17) is 4.74 Å². The van der Waals surface area contributed by atoms with Crippen LogP contribution in [0.5, 0.6) is 0 Å². The fourth-order valence-electron chi connectivity index (χ4n) is 4.52. The third kappa shape index (κ3) is 6.62. The molecule has 0 aromatic heterocycles. The van der Waals surface area contributed by atoms with Crippen molar-refractivity contribution >= 4 is 11.9 Å². The largest absolute Gasteiger partial charge is 0.465 e. The quantitative estimate of drug-likeness (QED) is 0.662. The van der Waals surface area contributed by atoms with Crippen molar-refractivity contribution in [2.24, 2.45) is 5.92 Å². The van der Waals surface area contributed by atoms with Gasteiger partial charge < -0.3 is 10.1 Å². The summed E-state index contributed by atoms with van der Waals surface area (Å²) in [5, 5.41) is 2.92. The number of carbonyl (C=O) groups is 2. The first-order valence-electron chi connectivity index (χ1n) is 10.9. The molecule has 2 aliphatic rings. The van der Waals surface area contributed by atoms with Crippen molar-refractivity contribution in [3.8, 4) is 0 Å². The zero-order valence-electron chi connectivity index (χ0n) is 16.9. The maximum Gasteiger partial charge on any atom is 0.305 e. The van der Waals surface area contributed by atoms with Gasteiger partial charge in [0, 0.05) is 31.3 Å². The first-order chi connectivity index (χ1) is 13.7. The molecule has 2 saturated heterocycles. The normalized spacial score (nSPS) is 22.3. The molecule has 0 aliphatic carbocycles. The molecule has 0 bridgehead atoms. The predicted molar refractivity (Wildman–Crippen MR) is 110 cm³/mol. The van der Waals surface area contributed by atoms with E-state index in [1.807, 2.05) is 18.2 Å². The molecule has 0 unspecified atom stereocenters. The number of hydrogen-bond donors (Lipinski definition) is 1. The number of nitrogens with zero attached hydrogens (tertiary/aromatic N) is 1. The summed E-state index contributed by atoms with van der Waals surface area (Å²) in [6.07, 6.45) is 8.30. The molecule has 1 amide bonds. The number of piperidine rings is 2. The van der Waals surface area contributed by atoms with Gasteiger partial charge in [0.05, 0.1) is 6.61 Å². The van der Waals surface area contributed by atoms with Crippen molar-refractivity contribution in [2.75, 3.05) is 26.2 Å². The lowest BCUT2D eigenvalue weighted by atomic mass is 9.84. The Labute approximate surface area is 168 Å². The van der Waals surface area contributed by atoms with E-state index in [0.717, 1.165) is 12.8 Å². The molecule has 1 aromatic rings. The zero-order chi connectivity index (χ0) is 19.6. The minimum Gasteiger partial charge on any atom is -0.465 e. The van der Waals surface area contributed by atoms with Crippen LogP contribution in [0.4, 0.5) is 0 Å². The summed E-state index contributed by atoms with van der Waals surface area (Å²) in [6.45, 7) is 3.58. The van der Waals surface area contributed by atoms with Gasteiger partial charge in [-0.25, -0.2) is 0 Å². The Morgan fingerprint density at radius 1 is 1.04 bits per heavy atom. The smallest absolute Gasteiger partial charge is 0.305 e. The van der Waals surface area contributed by atoms with E-state index in [1.165, 1.54) is 44.3 Å². The molecule has 2 aliphatic heterocycles. The third-order valence-corrected chi connectivity index (χ3v) is 6.05. The van der Waals surface area contributed by atoms with Gasteiger partial charge in [0.1, 0.15) is 0 Å². The first kappa shape index (κ1) is 20.8. The number of amides is 1. The van der Waals surface area contributed by atoms with Crippen LogP contribution in [0.15, 0.2) is 30.3 Å². The second kappa shape index (κ2) is 11.2. The van der Waals surface area contributed by atoms with E-state index in [9.17, 15) is 9.59 Å². The van der Waals surface area contributed by atoms with Crippen LogP contribution in [0.25, 0.3) is 0 Å². The van der Waals surface area contributed by atoms with Gasteiger partial charge in [-0.05, 0) is 57.2 Å². The van der Waals surface area contributed by atoms with Gasteiger partial charge in [-0.3, -0.25) is 14.5 Å². The minimum atomic E-state index is -0.162. The van der Waals surface area contributed by atoms with Crippen LogP contribution in [-0.2, 0) is 20.7 Å². The van der Waals surface area contributed by atoms with Crippen LogP contribution < -0.4 is 5.32 Å². The fourth-order valence-corrected chi connectivity index (χ4v) is 4.52. The second-order valence-electron chi connectivity index (χ2n) is 8.12. The van der Waals surface area contributed by atoms with E-state index < -0.39 is 0 Å². The number of esters is 1. The molecule has 5 nitrogen and oxygen atoms in total. The van der Waals surface area contributed by atoms with Gasteiger partial charge in [-0.15, -0.1) is 0 Å². The Bertz CT molecular complexity index is 618. The maximum atomic E-state index is 12.1. The summed E-state index contributed by atoms with van der Waals surface area (Å²) in [5.41, 5.74) is 1.21. The lowest BCUT2D eigenvalue weighted by molar-refractivity contribution is -0.146. The van der Waals surface area contributed by atoms with E-state index in [2.05, 4.69) is 22.3 Å². The number of rotatable bonds is 9. The fraction of sp³-hybridized carbons (Fsp3) is 0.652. The average Bonchev–Trinajstić information content (AvgIpc) is 2.73. The number of nitrogens with one attached hydrogen (secondary N) is 1. The van der Waals surface area contributed by atoms with Crippen LogP contribution in [0.2, 0.25) is 0 Å². The lowest BCUT2D eigenvalue weighted by Crippen LogP contribution is -2.49. The van der Waals surface area contributed by atoms with Crippen LogP contribution in [0.1, 0.15) is 56.9 Å². The standard InChI is InChI=1S/C23H34N2O3/c26-22(24-15-14-19-8-2-1-3-9-19)12-6-13-23(27)28-18-20-10-7-17-25-16-5-4-11-21(20)25/h1-3,8-9,20-21H,4-7,10-18H2,(H,24,26)/t20-,21+/m0/s1. The van der Waals surface area contributed by atoms with Gasteiger partial charge in [-0.1, -0.05) is 36.8 Å². The molecular weight excluding hydrogens is 352 g/mol. The van der Waals surface area contributed by atoms with Crippen molar-refractivity contribution in [3.05, 3.63) is 35.9 Å². The molecule has 1 N–H and O–H groups in total. The summed E-state index contributed by atoms with van der Waals surface area (Å²) in [4.78, 5) is 26.6. The SMILES string of the molecule is O=C(CCCC(=O)OC[C@@H]1CCCN2CCCC[C@H]12)NCCc1ccccc1. The molecule has 0 spiro atoms. The number of hydrogen-bond acceptors (Lipinski definition) is 4. The third-order valence-electron chi connectivity index (χ3n) is 6.05. The van der Waals surface area contributed by atoms with E-state index in [1.54, 1.807) is 0 Å². The highest BCUT2D eigenvalue weighted by Crippen LogP contribution is 2.31. The molecule has 3 rings (SSSR count). The number of benzene rings is 1. The van der Waals surface area contributed by atoms with Crippen LogP contribution >= 0.6 is 0 Å². The van der Waals surface area contributed by atoms with Gasteiger partial charge in [0.2, 0.25) is 5.91 Å². The molecule has 2 heterocycles. The molecule has 2 atom stereocenters.